The second-order valence-corrected chi connectivity index (χ2v) is 4.06. The van der Waals surface area contributed by atoms with Crippen LogP contribution >= 0.6 is 0 Å². The summed E-state index contributed by atoms with van der Waals surface area (Å²) in [5.41, 5.74) is 0.259. The molecule has 0 fully saturated rings. The molecule has 19 heavy (non-hydrogen) atoms. The van der Waals surface area contributed by atoms with E-state index >= 15 is 0 Å². The fourth-order valence-corrected chi connectivity index (χ4v) is 1.65. The van der Waals surface area contributed by atoms with Gasteiger partial charge in [-0.2, -0.15) is 0 Å². The van der Waals surface area contributed by atoms with Crippen LogP contribution in [-0.2, 0) is 6.54 Å². The Morgan fingerprint density at radius 3 is 2.84 bits per heavy atom. The first kappa shape index (κ1) is 13.6. The molecule has 0 radical (unpaired) electrons. The number of aliphatic hydroxyl groups excluding tert-OH is 1. The number of nitrogens with one attached hydrogen (secondary N) is 2. The molecule has 0 bridgehead atoms. The van der Waals surface area contributed by atoms with Crippen LogP contribution in [0.15, 0.2) is 29.1 Å². The predicted octanol–water partition coefficient (Wildman–Crippen LogP) is 0.639. The molecule has 0 spiro atoms. The average molecular weight is 269 g/mol. The first-order chi connectivity index (χ1) is 9.08. The van der Waals surface area contributed by atoms with Gasteiger partial charge in [0.1, 0.15) is 11.9 Å². The number of halogens is 2. The molecule has 0 amide bonds. The number of alkyl halides is 2. The van der Waals surface area contributed by atoms with Crippen molar-refractivity contribution >= 4 is 10.9 Å². The van der Waals surface area contributed by atoms with E-state index in [1.165, 1.54) is 0 Å². The van der Waals surface area contributed by atoms with Crippen molar-refractivity contribution in [3.05, 3.63) is 40.4 Å². The van der Waals surface area contributed by atoms with Gasteiger partial charge < -0.3 is 15.4 Å². The first-order valence-electron chi connectivity index (χ1n) is 5.73. The highest BCUT2D eigenvalue weighted by Crippen LogP contribution is 2.05. The molecule has 7 heteroatoms. The zero-order valence-corrected chi connectivity index (χ0v) is 9.94. The minimum Gasteiger partial charge on any atom is -0.386 e. The molecular formula is C12H13F2N3O2. The number of para-hydroxylation sites is 1. The van der Waals surface area contributed by atoms with Crippen LogP contribution < -0.4 is 10.9 Å². The number of benzene rings is 1. The van der Waals surface area contributed by atoms with Gasteiger partial charge in [-0.25, -0.2) is 13.8 Å². The lowest BCUT2D eigenvalue weighted by Crippen LogP contribution is -2.32. The number of fused-ring (bicyclic) bond motifs is 1. The lowest BCUT2D eigenvalue weighted by molar-refractivity contribution is -0.00348. The maximum Gasteiger partial charge on any atom is 0.265 e. The minimum atomic E-state index is -2.80. The van der Waals surface area contributed by atoms with Crippen LogP contribution in [0.3, 0.4) is 0 Å². The monoisotopic (exact) mass is 269 g/mol. The first-order valence-corrected chi connectivity index (χ1v) is 5.73. The second kappa shape index (κ2) is 5.85. The Labute approximate surface area is 107 Å². The molecule has 1 aromatic carbocycles. The summed E-state index contributed by atoms with van der Waals surface area (Å²) in [5, 5.41) is 12.0. The molecule has 0 saturated carbocycles. The van der Waals surface area contributed by atoms with Gasteiger partial charge in [-0.1, -0.05) is 12.1 Å². The Balaban J connectivity index is 2.08. The smallest absolute Gasteiger partial charge is 0.265 e. The highest BCUT2D eigenvalue weighted by atomic mass is 19.3. The number of rotatable bonds is 5. The molecule has 3 N–H and O–H groups in total. The van der Waals surface area contributed by atoms with Crippen LogP contribution in [0.2, 0.25) is 0 Å². The molecule has 0 saturated heterocycles. The third-order valence-corrected chi connectivity index (χ3v) is 2.60. The van der Waals surface area contributed by atoms with E-state index in [1.54, 1.807) is 24.3 Å². The molecule has 1 aromatic heterocycles. The number of nitrogens with zero attached hydrogens (tertiary/aromatic N) is 1. The summed E-state index contributed by atoms with van der Waals surface area (Å²) in [5.74, 6) is 0.338. The van der Waals surface area contributed by atoms with E-state index in [2.05, 4.69) is 15.3 Å². The van der Waals surface area contributed by atoms with Crippen LogP contribution in [0.5, 0.6) is 0 Å². The summed E-state index contributed by atoms with van der Waals surface area (Å²) in [4.78, 5) is 18.5. The van der Waals surface area contributed by atoms with Crippen LogP contribution in [0.4, 0.5) is 8.78 Å². The summed E-state index contributed by atoms with van der Waals surface area (Å²) in [6.45, 7) is -0.169. The van der Waals surface area contributed by atoms with Crippen molar-refractivity contribution in [3.63, 3.8) is 0 Å². The van der Waals surface area contributed by atoms with Crippen LogP contribution in [0.1, 0.15) is 5.82 Å². The summed E-state index contributed by atoms with van der Waals surface area (Å²) in [7, 11) is 0. The second-order valence-electron chi connectivity index (χ2n) is 4.06. The third kappa shape index (κ3) is 3.33. The summed E-state index contributed by atoms with van der Waals surface area (Å²) < 4.78 is 24.1. The lowest BCUT2D eigenvalue weighted by atomic mass is 10.2. The van der Waals surface area contributed by atoms with Crippen molar-refractivity contribution < 1.29 is 13.9 Å². The van der Waals surface area contributed by atoms with E-state index in [4.69, 9.17) is 5.11 Å². The third-order valence-electron chi connectivity index (χ3n) is 2.60. The molecule has 102 valence electrons. The predicted molar refractivity (Wildman–Crippen MR) is 66.1 cm³/mol. The minimum absolute atomic E-state index is 0.101. The number of aromatic amines is 1. The summed E-state index contributed by atoms with van der Waals surface area (Å²) in [6, 6.07) is 6.84. The van der Waals surface area contributed by atoms with E-state index < -0.39 is 12.5 Å². The summed E-state index contributed by atoms with van der Waals surface area (Å²) in [6.07, 6.45) is -4.52. The maximum absolute atomic E-state index is 12.1. The number of H-pyrrole nitrogens is 1. The van der Waals surface area contributed by atoms with Crippen molar-refractivity contribution in [1.29, 1.82) is 0 Å². The van der Waals surface area contributed by atoms with Crippen molar-refractivity contribution in [3.8, 4) is 0 Å². The molecule has 0 aliphatic rings. The average Bonchev–Trinajstić information content (AvgIpc) is 2.38. The number of hydrogen-bond donors (Lipinski definition) is 3. The zero-order chi connectivity index (χ0) is 13.8. The van der Waals surface area contributed by atoms with Gasteiger partial charge in [-0.15, -0.1) is 0 Å². The Morgan fingerprint density at radius 1 is 1.37 bits per heavy atom. The SMILES string of the molecule is O=c1[nH]c(CNCC(O)C(F)F)nc2ccccc12. The van der Waals surface area contributed by atoms with Crippen LogP contribution in [0, 0.1) is 0 Å². The molecule has 5 nitrogen and oxygen atoms in total. The van der Waals surface area contributed by atoms with Gasteiger partial charge in [0.05, 0.1) is 17.4 Å². The fourth-order valence-electron chi connectivity index (χ4n) is 1.65. The van der Waals surface area contributed by atoms with Crippen molar-refractivity contribution in [2.75, 3.05) is 6.54 Å². The quantitative estimate of drug-likeness (QED) is 0.744. The van der Waals surface area contributed by atoms with Gasteiger partial charge >= 0.3 is 0 Å². The van der Waals surface area contributed by atoms with Crippen LogP contribution in [0.25, 0.3) is 10.9 Å². The van der Waals surface area contributed by atoms with E-state index in [0.29, 0.717) is 16.7 Å². The van der Waals surface area contributed by atoms with Gasteiger partial charge in [0, 0.05) is 6.54 Å². The zero-order valence-electron chi connectivity index (χ0n) is 9.94. The largest absolute Gasteiger partial charge is 0.386 e. The van der Waals surface area contributed by atoms with E-state index in [-0.39, 0.29) is 18.6 Å². The molecule has 1 heterocycles. The van der Waals surface area contributed by atoms with Crippen molar-refractivity contribution in [2.24, 2.45) is 0 Å². The Hall–Kier alpha value is -1.86. The van der Waals surface area contributed by atoms with Crippen molar-refractivity contribution in [2.45, 2.75) is 19.1 Å². The topological polar surface area (TPSA) is 78.0 Å². The molecule has 1 atom stereocenters. The van der Waals surface area contributed by atoms with E-state index in [9.17, 15) is 13.6 Å². The van der Waals surface area contributed by atoms with Gasteiger partial charge in [0.2, 0.25) is 0 Å². The van der Waals surface area contributed by atoms with Gasteiger partial charge in [0.25, 0.3) is 12.0 Å². The lowest BCUT2D eigenvalue weighted by Gasteiger charge is -2.10. The van der Waals surface area contributed by atoms with Gasteiger partial charge in [-0.05, 0) is 12.1 Å². The Morgan fingerprint density at radius 2 is 2.11 bits per heavy atom. The molecular weight excluding hydrogens is 256 g/mol. The molecule has 0 aliphatic carbocycles. The summed E-state index contributed by atoms with van der Waals surface area (Å²) >= 11 is 0. The number of hydrogen-bond acceptors (Lipinski definition) is 4. The van der Waals surface area contributed by atoms with Crippen LogP contribution in [-0.4, -0.2) is 34.1 Å². The standard InChI is InChI=1S/C12H13F2N3O2/c13-11(14)9(18)5-15-6-10-16-8-4-2-1-3-7(8)12(19)17-10/h1-4,9,11,15,18H,5-6H2,(H,16,17,19). The number of aliphatic hydroxyl groups is 1. The Kier molecular flexibility index (Phi) is 4.18. The highest BCUT2D eigenvalue weighted by Gasteiger charge is 2.15. The maximum atomic E-state index is 12.1. The van der Waals surface area contributed by atoms with E-state index in [1.807, 2.05) is 0 Å². The molecule has 1 unspecified atom stereocenters. The molecule has 0 aliphatic heterocycles. The van der Waals surface area contributed by atoms with Crippen molar-refractivity contribution in [1.82, 2.24) is 15.3 Å². The highest BCUT2D eigenvalue weighted by molar-refractivity contribution is 5.77. The normalized spacial score (nSPS) is 13.1. The Bertz CT molecular complexity index is 615. The van der Waals surface area contributed by atoms with Gasteiger partial charge in [-0.3, -0.25) is 4.79 Å². The molecule has 2 rings (SSSR count). The van der Waals surface area contributed by atoms with Gasteiger partial charge in [0.15, 0.2) is 0 Å². The molecule has 2 aromatic rings. The fraction of sp³-hybridized carbons (Fsp3) is 0.333. The van der Waals surface area contributed by atoms with E-state index in [0.717, 1.165) is 0 Å². The number of aromatic nitrogens is 2.